The summed E-state index contributed by atoms with van der Waals surface area (Å²) < 4.78 is 5.91. The van der Waals surface area contributed by atoms with Crippen molar-refractivity contribution in [1.82, 2.24) is 0 Å². The maximum absolute atomic E-state index is 11.9. The highest BCUT2D eigenvalue weighted by Crippen LogP contribution is 2.75. The smallest absolute Gasteiger partial charge is 0.302 e. The van der Waals surface area contributed by atoms with Crippen molar-refractivity contribution >= 4 is 5.97 Å². The number of allylic oxidation sites excluding steroid dienone is 2. The van der Waals surface area contributed by atoms with E-state index in [1.807, 2.05) is 11.1 Å². The number of ether oxygens (including phenoxy) is 1. The third-order valence-corrected chi connectivity index (χ3v) is 14.4. The van der Waals surface area contributed by atoms with Crippen molar-refractivity contribution in [2.24, 2.45) is 50.2 Å². The quantitative estimate of drug-likeness (QED) is 0.281. The second kappa shape index (κ2) is 8.11. The van der Waals surface area contributed by atoms with E-state index in [-0.39, 0.29) is 22.9 Å². The first kappa shape index (κ1) is 26.8. The molecule has 0 saturated heterocycles. The van der Waals surface area contributed by atoms with E-state index >= 15 is 0 Å². The van der Waals surface area contributed by atoms with Gasteiger partial charge in [0.15, 0.2) is 0 Å². The standard InChI is InChI=1S/C34H56O2/c1-22(2)31(7)18-17-30(6)19-20-33(9)25-11-12-26-29(4,5)28(36-23(3)35)14-15-32(26,8)24(25)13-16-34(33,10)27(30)21-31/h22,26-28H,11-21H2,1-10H3/t26?,27-,28+,30-,31-,32-,33-,34+/m1/s1. The maximum atomic E-state index is 11.9. The second-order valence-electron chi connectivity index (χ2n) is 16.4. The van der Waals surface area contributed by atoms with Gasteiger partial charge in [-0.2, -0.15) is 0 Å². The van der Waals surface area contributed by atoms with Gasteiger partial charge in [-0.1, -0.05) is 73.5 Å². The average Bonchev–Trinajstić information content (AvgIpc) is 2.78. The third-order valence-electron chi connectivity index (χ3n) is 14.4. The van der Waals surface area contributed by atoms with E-state index in [0.29, 0.717) is 27.6 Å². The molecule has 2 nitrogen and oxygen atoms in total. The largest absolute Gasteiger partial charge is 0.462 e. The molecule has 0 aromatic rings. The minimum absolute atomic E-state index is 0.0342. The number of esters is 1. The van der Waals surface area contributed by atoms with Gasteiger partial charge in [-0.25, -0.2) is 0 Å². The zero-order chi connectivity index (χ0) is 26.5. The SMILES string of the molecule is CC(=O)O[C@H]1CC[C@]2(C)C3=C(CCC2C1(C)C)[C@@]1(C)CC[C@@]2(C)CC[C@@](C)(C(C)C)C[C@H]2[C@]1(C)CC3. The van der Waals surface area contributed by atoms with Gasteiger partial charge in [0.25, 0.3) is 0 Å². The van der Waals surface area contributed by atoms with Crippen molar-refractivity contribution in [2.75, 3.05) is 0 Å². The molecule has 5 rings (SSSR count). The van der Waals surface area contributed by atoms with Crippen LogP contribution in [0.15, 0.2) is 11.1 Å². The summed E-state index contributed by atoms with van der Waals surface area (Å²) in [5.74, 6) is 2.09. The lowest BCUT2D eigenvalue weighted by molar-refractivity contribution is -0.172. The number of hydrogen-bond acceptors (Lipinski definition) is 2. The zero-order valence-electron chi connectivity index (χ0n) is 25.4. The Hall–Kier alpha value is -0.790. The molecule has 0 aliphatic heterocycles. The molecule has 0 N–H and O–H groups in total. The third kappa shape index (κ3) is 3.43. The average molecular weight is 497 g/mol. The number of carbonyl (C=O) groups is 1. The molecule has 0 aromatic heterocycles. The fourth-order valence-electron chi connectivity index (χ4n) is 11.2. The lowest BCUT2D eigenvalue weighted by atomic mass is 9.35. The van der Waals surface area contributed by atoms with Crippen molar-refractivity contribution in [3.63, 3.8) is 0 Å². The highest BCUT2D eigenvalue weighted by Gasteiger charge is 2.66. The Morgan fingerprint density at radius 2 is 1.47 bits per heavy atom. The van der Waals surface area contributed by atoms with Gasteiger partial charge in [-0.15, -0.1) is 0 Å². The van der Waals surface area contributed by atoms with Crippen LogP contribution in [0.5, 0.6) is 0 Å². The molecule has 36 heavy (non-hydrogen) atoms. The summed E-state index contributed by atoms with van der Waals surface area (Å²) in [5, 5.41) is 0. The number of carbonyl (C=O) groups excluding carboxylic acids is 1. The summed E-state index contributed by atoms with van der Waals surface area (Å²) in [6.45, 7) is 24.7. The van der Waals surface area contributed by atoms with Crippen molar-refractivity contribution < 1.29 is 9.53 Å². The highest BCUT2D eigenvalue weighted by molar-refractivity contribution is 5.66. The van der Waals surface area contributed by atoms with E-state index < -0.39 is 0 Å². The molecule has 3 fully saturated rings. The van der Waals surface area contributed by atoms with Crippen molar-refractivity contribution in [1.29, 1.82) is 0 Å². The van der Waals surface area contributed by atoms with E-state index in [1.54, 1.807) is 6.92 Å². The minimum Gasteiger partial charge on any atom is -0.462 e. The van der Waals surface area contributed by atoms with Crippen molar-refractivity contribution in [2.45, 2.75) is 146 Å². The monoisotopic (exact) mass is 496 g/mol. The van der Waals surface area contributed by atoms with Gasteiger partial charge in [-0.3, -0.25) is 4.79 Å². The lowest BCUT2D eigenvalue weighted by Crippen LogP contribution is -2.61. The van der Waals surface area contributed by atoms with Gasteiger partial charge in [-0.05, 0) is 115 Å². The van der Waals surface area contributed by atoms with E-state index in [0.717, 1.165) is 18.3 Å². The Morgan fingerprint density at radius 1 is 0.806 bits per heavy atom. The minimum atomic E-state index is -0.112. The molecular weight excluding hydrogens is 440 g/mol. The van der Waals surface area contributed by atoms with Crippen LogP contribution in [0.2, 0.25) is 0 Å². The lowest BCUT2D eigenvalue weighted by Gasteiger charge is -2.70. The summed E-state index contributed by atoms with van der Waals surface area (Å²) >= 11 is 0. The van der Waals surface area contributed by atoms with Crippen LogP contribution in [0.25, 0.3) is 0 Å². The molecular formula is C34H56O2. The van der Waals surface area contributed by atoms with E-state index in [4.69, 9.17) is 4.74 Å². The van der Waals surface area contributed by atoms with Crippen LogP contribution < -0.4 is 0 Å². The van der Waals surface area contributed by atoms with Gasteiger partial charge in [0.1, 0.15) is 6.10 Å². The van der Waals surface area contributed by atoms with Crippen LogP contribution in [-0.4, -0.2) is 12.1 Å². The Morgan fingerprint density at radius 3 is 2.11 bits per heavy atom. The predicted molar refractivity (Wildman–Crippen MR) is 150 cm³/mol. The molecule has 0 heterocycles. The van der Waals surface area contributed by atoms with Crippen molar-refractivity contribution in [3.05, 3.63) is 11.1 Å². The summed E-state index contributed by atoms with van der Waals surface area (Å²) in [7, 11) is 0. The first-order valence-electron chi connectivity index (χ1n) is 15.4. The molecule has 204 valence electrons. The molecule has 0 aromatic carbocycles. The fourth-order valence-corrected chi connectivity index (χ4v) is 11.2. The maximum Gasteiger partial charge on any atom is 0.302 e. The molecule has 2 heteroatoms. The van der Waals surface area contributed by atoms with E-state index in [9.17, 15) is 4.79 Å². The topological polar surface area (TPSA) is 26.3 Å². The van der Waals surface area contributed by atoms with Crippen LogP contribution in [-0.2, 0) is 9.53 Å². The first-order chi connectivity index (χ1) is 16.5. The molecule has 0 amide bonds. The normalized spacial score (nSPS) is 50.0. The fraction of sp³-hybridized carbons (Fsp3) is 0.912. The van der Waals surface area contributed by atoms with Gasteiger partial charge in [0.05, 0.1) is 0 Å². The summed E-state index contributed by atoms with van der Waals surface area (Å²) in [5.41, 5.74) is 5.78. The molecule has 5 aliphatic carbocycles. The van der Waals surface area contributed by atoms with Crippen LogP contribution in [0.4, 0.5) is 0 Å². The van der Waals surface area contributed by atoms with Crippen LogP contribution in [0.1, 0.15) is 140 Å². The Balaban J connectivity index is 1.54. The Bertz CT molecular complexity index is 958. The van der Waals surface area contributed by atoms with Gasteiger partial charge in [0, 0.05) is 12.3 Å². The highest BCUT2D eigenvalue weighted by atomic mass is 16.5. The summed E-state index contributed by atoms with van der Waals surface area (Å²) in [6.07, 6.45) is 14.5. The predicted octanol–water partition coefficient (Wildman–Crippen LogP) is 9.52. The summed E-state index contributed by atoms with van der Waals surface area (Å²) in [6, 6.07) is 0. The van der Waals surface area contributed by atoms with Crippen LogP contribution in [0, 0.1) is 50.2 Å². The van der Waals surface area contributed by atoms with Crippen LogP contribution in [0.3, 0.4) is 0 Å². The Labute approximate surface area is 222 Å². The second-order valence-corrected chi connectivity index (χ2v) is 16.4. The molecule has 8 atom stereocenters. The van der Waals surface area contributed by atoms with E-state index in [2.05, 4.69) is 62.3 Å². The zero-order valence-corrected chi connectivity index (χ0v) is 25.4. The molecule has 5 aliphatic rings. The number of hydrogen-bond donors (Lipinski definition) is 0. The van der Waals surface area contributed by atoms with Crippen LogP contribution >= 0.6 is 0 Å². The van der Waals surface area contributed by atoms with Gasteiger partial charge < -0.3 is 4.74 Å². The summed E-state index contributed by atoms with van der Waals surface area (Å²) in [4.78, 5) is 11.9. The van der Waals surface area contributed by atoms with Gasteiger partial charge >= 0.3 is 5.97 Å². The van der Waals surface area contributed by atoms with Crippen molar-refractivity contribution in [3.8, 4) is 0 Å². The Kier molecular flexibility index (Phi) is 6.04. The molecule has 0 spiro atoms. The molecule has 3 saturated carbocycles. The molecule has 0 bridgehead atoms. The number of fused-ring (bicyclic) bond motifs is 6. The molecule has 1 unspecified atom stereocenters. The first-order valence-corrected chi connectivity index (χ1v) is 15.4. The van der Waals surface area contributed by atoms with E-state index in [1.165, 1.54) is 64.2 Å². The van der Waals surface area contributed by atoms with Gasteiger partial charge in [0.2, 0.25) is 0 Å². The number of rotatable bonds is 2. The molecule has 0 radical (unpaired) electrons.